The Morgan fingerprint density at radius 3 is 2.62 bits per heavy atom. The lowest BCUT2D eigenvalue weighted by Gasteiger charge is -2.15. The second kappa shape index (κ2) is 5.91. The summed E-state index contributed by atoms with van der Waals surface area (Å²) in [5.74, 6) is -0.243. The zero-order chi connectivity index (χ0) is 15.6. The number of nitrogens with zero attached hydrogens (tertiary/aromatic N) is 1. The van der Waals surface area contributed by atoms with Gasteiger partial charge in [-0.1, -0.05) is 12.1 Å². The smallest absolute Gasteiger partial charge is 0.251 e. The molecule has 1 atom stereocenters. The number of nitrogens with one attached hydrogen (secondary N) is 1. The quantitative estimate of drug-likeness (QED) is 0.912. The summed E-state index contributed by atoms with van der Waals surface area (Å²) in [5.41, 5.74) is 8.05. The van der Waals surface area contributed by atoms with Crippen LogP contribution in [0.3, 0.4) is 0 Å². The van der Waals surface area contributed by atoms with Gasteiger partial charge in [-0.3, -0.25) is 4.79 Å². The van der Waals surface area contributed by atoms with E-state index in [1.165, 1.54) is 12.1 Å². The van der Waals surface area contributed by atoms with Gasteiger partial charge in [-0.25, -0.2) is 9.37 Å². The molecule has 1 aromatic heterocycles. The summed E-state index contributed by atoms with van der Waals surface area (Å²) in [5, 5.41) is 2.82. The van der Waals surface area contributed by atoms with Crippen LogP contribution < -0.4 is 11.1 Å². The summed E-state index contributed by atoms with van der Waals surface area (Å²) in [6.07, 6.45) is 0. The second-order valence-electron chi connectivity index (χ2n) is 5.13. The number of hydrogen-bond donors (Lipinski definition) is 2. The Hall–Kier alpha value is -2.43. The number of aryl methyl sites for hydroxylation is 2. The van der Waals surface area contributed by atoms with Crippen LogP contribution in [0.1, 0.15) is 40.1 Å². The monoisotopic (exact) mass is 287 g/mol. The topological polar surface area (TPSA) is 68.0 Å². The van der Waals surface area contributed by atoms with Crippen molar-refractivity contribution in [3.8, 4) is 0 Å². The number of hydrogen-bond acceptors (Lipinski definition) is 3. The second-order valence-corrected chi connectivity index (χ2v) is 5.13. The molecule has 1 unspecified atom stereocenters. The highest BCUT2D eigenvalue weighted by Gasteiger charge is 2.13. The lowest BCUT2D eigenvalue weighted by molar-refractivity contribution is 0.0939. The first kappa shape index (κ1) is 15.0. The van der Waals surface area contributed by atoms with Crippen molar-refractivity contribution in [1.29, 1.82) is 0 Å². The highest BCUT2D eigenvalue weighted by atomic mass is 19.1. The van der Waals surface area contributed by atoms with E-state index in [1.807, 2.05) is 0 Å². The number of anilines is 1. The number of nitrogen functional groups attached to an aromatic ring is 1. The summed E-state index contributed by atoms with van der Waals surface area (Å²) in [6.45, 7) is 5.27. The van der Waals surface area contributed by atoms with Gasteiger partial charge in [0.05, 0.1) is 6.04 Å². The minimum atomic E-state index is -0.303. The number of aromatic nitrogens is 1. The Labute approximate surface area is 123 Å². The fourth-order valence-electron chi connectivity index (χ4n) is 2.07. The highest BCUT2D eigenvalue weighted by molar-refractivity contribution is 5.95. The van der Waals surface area contributed by atoms with Crippen LogP contribution >= 0.6 is 0 Å². The Kier molecular flexibility index (Phi) is 4.21. The van der Waals surface area contributed by atoms with E-state index in [0.29, 0.717) is 28.2 Å². The van der Waals surface area contributed by atoms with E-state index in [-0.39, 0.29) is 17.8 Å². The fraction of sp³-hybridized carbons (Fsp3) is 0.250. The van der Waals surface area contributed by atoms with Gasteiger partial charge >= 0.3 is 0 Å². The average Bonchev–Trinajstić information content (AvgIpc) is 2.40. The van der Waals surface area contributed by atoms with Crippen LogP contribution in [-0.2, 0) is 0 Å². The molecule has 5 heteroatoms. The molecule has 2 rings (SSSR count). The van der Waals surface area contributed by atoms with Crippen LogP contribution in [0.15, 0.2) is 30.3 Å². The van der Waals surface area contributed by atoms with Gasteiger partial charge in [0.25, 0.3) is 5.91 Å². The first-order chi connectivity index (χ1) is 9.86. The van der Waals surface area contributed by atoms with Crippen LogP contribution in [0.4, 0.5) is 10.2 Å². The first-order valence-corrected chi connectivity index (χ1v) is 6.68. The lowest BCUT2D eigenvalue weighted by Crippen LogP contribution is -2.27. The Balaban J connectivity index is 2.16. The van der Waals surface area contributed by atoms with Crippen molar-refractivity contribution in [2.45, 2.75) is 26.8 Å². The van der Waals surface area contributed by atoms with Crippen molar-refractivity contribution >= 4 is 11.7 Å². The maximum Gasteiger partial charge on any atom is 0.251 e. The van der Waals surface area contributed by atoms with Gasteiger partial charge in [-0.05, 0) is 50.1 Å². The van der Waals surface area contributed by atoms with Gasteiger partial charge in [-0.2, -0.15) is 0 Å². The summed E-state index contributed by atoms with van der Waals surface area (Å²) < 4.78 is 13.6. The average molecular weight is 287 g/mol. The van der Waals surface area contributed by atoms with E-state index >= 15 is 0 Å². The molecule has 3 N–H and O–H groups in total. The third-order valence-corrected chi connectivity index (χ3v) is 3.28. The van der Waals surface area contributed by atoms with Gasteiger partial charge in [0.15, 0.2) is 0 Å². The van der Waals surface area contributed by atoms with Crippen molar-refractivity contribution in [1.82, 2.24) is 10.3 Å². The minimum Gasteiger partial charge on any atom is -0.384 e. The molecular formula is C16H18FN3O. The molecule has 0 radical (unpaired) electrons. The number of halogens is 1. The molecule has 110 valence electrons. The maximum absolute atomic E-state index is 13.6. The van der Waals surface area contributed by atoms with Crippen LogP contribution in [0.25, 0.3) is 0 Å². The summed E-state index contributed by atoms with van der Waals surface area (Å²) in [7, 11) is 0. The van der Waals surface area contributed by atoms with Gasteiger partial charge in [0.2, 0.25) is 0 Å². The molecule has 1 heterocycles. The van der Waals surface area contributed by atoms with Crippen molar-refractivity contribution in [3.63, 3.8) is 0 Å². The van der Waals surface area contributed by atoms with E-state index < -0.39 is 0 Å². The molecule has 2 aromatic rings. The number of pyridine rings is 1. The minimum absolute atomic E-state index is 0.263. The third kappa shape index (κ3) is 3.56. The molecule has 0 aliphatic carbocycles. The molecule has 4 nitrogen and oxygen atoms in total. The molecule has 0 fully saturated rings. The first-order valence-electron chi connectivity index (χ1n) is 6.68. The number of carbonyl (C=O) groups is 1. The van der Waals surface area contributed by atoms with Crippen molar-refractivity contribution in [2.24, 2.45) is 0 Å². The zero-order valence-corrected chi connectivity index (χ0v) is 12.3. The van der Waals surface area contributed by atoms with Gasteiger partial charge in [0.1, 0.15) is 11.6 Å². The zero-order valence-electron chi connectivity index (χ0n) is 12.3. The summed E-state index contributed by atoms with van der Waals surface area (Å²) in [6, 6.07) is 7.81. The molecule has 0 spiro atoms. The van der Waals surface area contributed by atoms with E-state index in [2.05, 4.69) is 10.3 Å². The van der Waals surface area contributed by atoms with Gasteiger partial charge < -0.3 is 11.1 Å². The molecule has 0 aliphatic rings. The standard InChI is InChI=1S/C16H18FN3O/c1-9-4-5-12(7-14(9)17)11(3)20-16(21)13-6-10(2)19-15(18)8-13/h4-8,11H,1-3H3,(H2,18,19)(H,20,21). The number of rotatable bonds is 3. The van der Waals surface area contributed by atoms with Crippen LogP contribution in [0.2, 0.25) is 0 Å². The molecule has 21 heavy (non-hydrogen) atoms. The maximum atomic E-state index is 13.6. The molecule has 1 aromatic carbocycles. The molecular weight excluding hydrogens is 269 g/mol. The Bertz CT molecular complexity index is 665. The summed E-state index contributed by atoms with van der Waals surface area (Å²) >= 11 is 0. The van der Waals surface area contributed by atoms with E-state index in [9.17, 15) is 9.18 Å². The lowest BCUT2D eigenvalue weighted by atomic mass is 10.1. The normalized spacial score (nSPS) is 12.0. The number of amides is 1. The fourth-order valence-corrected chi connectivity index (χ4v) is 2.07. The Morgan fingerprint density at radius 1 is 1.29 bits per heavy atom. The molecule has 0 saturated carbocycles. The van der Waals surface area contributed by atoms with Gasteiger partial charge in [-0.15, -0.1) is 0 Å². The molecule has 0 saturated heterocycles. The van der Waals surface area contributed by atoms with Crippen LogP contribution in [-0.4, -0.2) is 10.9 Å². The molecule has 1 amide bonds. The Morgan fingerprint density at radius 2 is 2.00 bits per heavy atom. The highest BCUT2D eigenvalue weighted by Crippen LogP contribution is 2.17. The van der Waals surface area contributed by atoms with Crippen molar-refractivity contribution in [3.05, 3.63) is 58.5 Å². The van der Waals surface area contributed by atoms with Crippen LogP contribution in [0.5, 0.6) is 0 Å². The summed E-state index contributed by atoms with van der Waals surface area (Å²) in [4.78, 5) is 16.2. The number of nitrogens with two attached hydrogens (primary N) is 1. The van der Waals surface area contributed by atoms with Gasteiger partial charge in [0, 0.05) is 11.3 Å². The van der Waals surface area contributed by atoms with E-state index in [1.54, 1.807) is 39.0 Å². The van der Waals surface area contributed by atoms with Crippen molar-refractivity contribution in [2.75, 3.05) is 5.73 Å². The number of carbonyl (C=O) groups excluding carboxylic acids is 1. The SMILES string of the molecule is Cc1cc(C(=O)NC(C)c2ccc(C)c(F)c2)cc(N)n1. The predicted octanol–water partition coefficient (Wildman–Crippen LogP) is 2.91. The van der Waals surface area contributed by atoms with E-state index in [0.717, 1.165) is 0 Å². The predicted molar refractivity (Wildman–Crippen MR) is 80.4 cm³/mol. The van der Waals surface area contributed by atoms with Crippen molar-refractivity contribution < 1.29 is 9.18 Å². The number of benzene rings is 1. The van der Waals surface area contributed by atoms with Crippen LogP contribution in [0, 0.1) is 19.7 Å². The van der Waals surface area contributed by atoms with E-state index in [4.69, 9.17) is 5.73 Å². The third-order valence-electron chi connectivity index (χ3n) is 3.28. The largest absolute Gasteiger partial charge is 0.384 e. The molecule has 0 bridgehead atoms. The molecule has 0 aliphatic heterocycles.